The molecule has 1 saturated carbocycles. The fraction of sp³-hybridized carbons (Fsp3) is 0.389. The molecule has 2 heterocycles. The lowest BCUT2D eigenvalue weighted by Crippen LogP contribution is -2.45. The van der Waals surface area contributed by atoms with E-state index in [1.54, 1.807) is 13.1 Å². The van der Waals surface area contributed by atoms with Gasteiger partial charge in [0.15, 0.2) is 5.16 Å². The van der Waals surface area contributed by atoms with Gasteiger partial charge >= 0.3 is 6.18 Å². The van der Waals surface area contributed by atoms with E-state index in [4.69, 9.17) is 0 Å². The van der Waals surface area contributed by atoms with Crippen LogP contribution in [0.1, 0.15) is 31.4 Å². The lowest BCUT2D eigenvalue weighted by Gasteiger charge is -2.31. The van der Waals surface area contributed by atoms with Gasteiger partial charge in [-0.05, 0) is 38.0 Å². The van der Waals surface area contributed by atoms with Crippen LogP contribution in [0.5, 0.6) is 0 Å². The molecule has 2 aliphatic rings. The van der Waals surface area contributed by atoms with E-state index in [1.165, 1.54) is 22.7 Å². The lowest BCUT2D eigenvalue weighted by molar-refractivity contribution is -0.137. The number of nitrogens with one attached hydrogen (secondary N) is 1. The van der Waals surface area contributed by atoms with Crippen LogP contribution in [0, 0.1) is 0 Å². The summed E-state index contributed by atoms with van der Waals surface area (Å²) in [5.74, 6) is -0.886. The van der Waals surface area contributed by atoms with Crippen LogP contribution in [-0.4, -0.2) is 33.2 Å². The normalized spacial score (nSPS) is 17.9. The first kappa shape index (κ1) is 18.9. The van der Waals surface area contributed by atoms with E-state index in [2.05, 4.69) is 10.3 Å². The molecule has 0 bridgehead atoms. The molecule has 1 aliphatic carbocycles. The number of aromatic nitrogens is 2. The molecule has 1 fully saturated rings. The highest BCUT2D eigenvalue weighted by atomic mass is 32.2. The number of imidazole rings is 1. The van der Waals surface area contributed by atoms with Crippen molar-refractivity contribution in [3.8, 4) is 0 Å². The topological polar surface area (TPSA) is 67.2 Å². The number of fused-ring (bicyclic) bond motifs is 1. The lowest BCUT2D eigenvalue weighted by atomic mass is 10.1. The summed E-state index contributed by atoms with van der Waals surface area (Å²) >= 11 is 1.28. The Morgan fingerprint density at radius 2 is 2.11 bits per heavy atom. The number of rotatable bonds is 4. The van der Waals surface area contributed by atoms with E-state index in [0.29, 0.717) is 6.04 Å². The number of carbonyl (C=O) groups excluding carboxylic acids is 2. The largest absolute Gasteiger partial charge is 0.416 e. The average Bonchev–Trinajstić information content (AvgIpc) is 3.38. The molecule has 2 amide bonds. The summed E-state index contributed by atoms with van der Waals surface area (Å²) in [6.07, 6.45) is 1.18. The van der Waals surface area contributed by atoms with Crippen molar-refractivity contribution in [2.45, 2.75) is 42.4 Å². The van der Waals surface area contributed by atoms with Crippen molar-refractivity contribution >= 4 is 35.0 Å². The van der Waals surface area contributed by atoms with Crippen molar-refractivity contribution in [2.24, 2.45) is 0 Å². The van der Waals surface area contributed by atoms with Gasteiger partial charge in [0.05, 0.1) is 22.2 Å². The molecule has 1 aromatic heterocycles. The number of amides is 2. The Balaban J connectivity index is 1.57. The Labute approximate surface area is 163 Å². The maximum Gasteiger partial charge on any atom is 0.416 e. The summed E-state index contributed by atoms with van der Waals surface area (Å²) in [6.45, 7) is 1.47. The molecule has 1 unspecified atom stereocenters. The van der Waals surface area contributed by atoms with Gasteiger partial charge in [-0.1, -0.05) is 11.8 Å². The number of hydrogen-bond acceptors (Lipinski definition) is 4. The number of alkyl halides is 3. The van der Waals surface area contributed by atoms with Crippen LogP contribution < -0.4 is 10.2 Å². The summed E-state index contributed by atoms with van der Waals surface area (Å²) < 4.78 is 40.9. The van der Waals surface area contributed by atoms with Gasteiger partial charge in [0.2, 0.25) is 11.8 Å². The molecule has 1 aromatic carbocycles. The molecule has 10 heteroatoms. The maximum absolute atomic E-state index is 13.0. The molecular weight excluding hydrogens is 393 g/mol. The zero-order chi connectivity index (χ0) is 20.1. The summed E-state index contributed by atoms with van der Waals surface area (Å²) in [5.41, 5.74) is -0.638. The van der Waals surface area contributed by atoms with Crippen molar-refractivity contribution in [3.05, 3.63) is 36.2 Å². The molecule has 148 valence electrons. The van der Waals surface area contributed by atoms with Gasteiger partial charge in [-0.2, -0.15) is 13.2 Å². The molecule has 6 nitrogen and oxygen atoms in total. The molecular formula is C18H17F3N4O2S. The third kappa shape index (κ3) is 3.60. The molecule has 1 atom stereocenters. The summed E-state index contributed by atoms with van der Waals surface area (Å²) in [6, 6.07) is 3.39. The van der Waals surface area contributed by atoms with E-state index < -0.39 is 22.9 Å². The first-order valence-electron chi connectivity index (χ1n) is 8.76. The highest BCUT2D eigenvalue weighted by molar-refractivity contribution is 8.00. The Morgan fingerprint density at radius 3 is 2.79 bits per heavy atom. The fourth-order valence-corrected chi connectivity index (χ4v) is 4.11. The van der Waals surface area contributed by atoms with E-state index in [1.807, 2.05) is 10.8 Å². The van der Waals surface area contributed by atoms with E-state index in [9.17, 15) is 22.8 Å². The molecule has 1 aliphatic heterocycles. The Bertz CT molecular complexity index is 939. The third-order valence-electron chi connectivity index (χ3n) is 4.66. The highest BCUT2D eigenvalue weighted by Gasteiger charge is 2.35. The molecule has 0 saturated heterocycles. The molecule has 0 spiro atoms. The van der Waals surface area contributed by atoms with Crippen LogP contribution >= 0.6 is 11.8 Å². The van der Waals surface area contributed by atoms with Crippen molar-refractivity contribution < 1.29 is 22.8 Å². The summed E-state index contributed by atoms with van der Waals surface area (Å²) in [5, 5.41) is 2.58. The molecule has 1 N–H and O–H groups in total. The Morgan fingerprint density at radius 1 is 1.36 bits per heavy atom. The minimum absolute atomic E-state index is 0.0175. The van der Waals surface area contributed by atoms with Crippen LogP contribution in [-0.2, 0) is 15.8 Å². The minimum Gasteiger partial charge on any atom is -0.323 e. The second kappa shape index (κ2) is 6.84. The number of nitrogens with zero attached hydrogens (tertiary/aromatic N) is 3. The molecule has 28 heavy (non-hydrogen) atoms. The zero-order valence-corrected chi connectivity index (χ0v) is 15.7. The van der Waals surface area contributed by atoms with Gasteiger partial charge in [0.25, 0.3) is 0 Å². The zero-order valence-electron chi connectivity index (χ0n) is 14.9. The van der Waals surface area contributed by atoms with Crippen molar-refractivity contribution in [2.75, 3.05) is 16.8 Å². The first-order chi connectivity index (χ1) is 13.2. The predicted octanol–water partition coefficient (Wildman–Crippen LogP) is 3.70. The van der Waals surface area contributed by atoms with Crippen LogP contribution in [0.4, 0.5) is 24.5 Å². The number of halogens is 3. The van der Waals surface area contributed by atoms with Gasteiger partial charge in [-0.3, -0.25) is 14.5 Å². The Hall–Kier alpha value is -2.49. The number of thioether (sulfide) groups is 1. The van der Waals surface area contributed by atoms with Crippen molar-refractivity contribution in [1.82, 2.24) is 9.55 Å². The van der Waals surface area contributed by atoms with Crippen molar-refractivity contribution in [3.63, 3.8) is 0 Å². The minimum atomic E-state index is -4.53. The predicted molar refractivity (Wildman–Crippen MR) is 98.2 cm³/mol. The SMILES string of the molecule is CC(Sc1nccn1C1CC1)C(=O)N1CC(=O)Nc2cc(C(F)(F)F)ccc21. The molecule has 4 rings (SSSR count). The van der Waals surface area contributed by atoms with E-state index >= 15 is 0 Å². The van der Waals surface area contributed by atoms with Gasteiger partial charge < -0.3 is 9.88 Å². The van der Waals surface area contributed by atoms with Gasteiger partial charge in [-0.25, -0.2) is 4.98 Å². The average molecular weight is 410 g/mol. The van der Waals surface area contributed by atoms with Crippen LogP contribution in [0.3, 0.4) is 0 Å². The number of hydrogen-bond donors (Lipinski definition) is 1. The Kier molecular flexibility index (Phi) is 4.60. The summed E-state index contributed by atoms with van der Waals surface area (Å²) in [7, 11) is 0. The van der Waals surface area contributed by atoms with Crippen LogP contribution in [0.2, 0.25) is 0 Å². The standard InChI is InChI=1S/C18H17F3N4O2S/c1-10(28-17-22-6-7-24(17)12-3-4-12)16(27)25-9-15(26)23-13-8-11(18(19,20)21)2-5-14(13)25/h2,5-8,10,12H,3-4,9H2,1H3,(H,23,26). The fourth-order valence-electron chi connectivity index (χ4n) is 3.11. The van der Waals surface area contributed by atoms with Gasteiger partial charge in [0.1, 0.15) is 6.54 Å². The van der Waals surface area contributed by atoms with E-state index in [-0.39, 0.29) is 23.8 Å². The number of carbonyl (C=O) groups is 2. The molecule has 0 radical (unpaired) electrons. The third-order valence-corrected chi connectivity index (χ3v) is 5.74. The van der Waals surface area contributed by atoms with Crippen LogP contribution in [0.15, 0.2) is 35.7 Å². The van der Waals surface area contributed by atoms with Gasteiger partial charge in [-0.15, -0.1) is 0 Å². The second-order valence-corrected chi connectivity index (χ2v) is 8.12. The van der Waals surface area contributed by atoms with Crippen molar-refractivity contribution in [1.29, 1.82) is 0 Å². The highest BCUT2D eigenvalue weighted by Crippen LogP contribution is 2.40. The maximum atomic E-state index is 13.0. The van der Waals surface area contributed by atoms with E-state index in [0.717, 1.165) is 30.1 Å². The smallest absolute Gasteiger partial charge is 0.323 e. The summed E-state index contributed by atoms with van der Waals surface area (Å²) in [4.78, 5) is 30.5. The second-order valence-electron chi connectivity index (χ2n) is 6.81. The first-order valence-corrected chi connectivity index (χ1v) is 9.64. The molecule has 2 aromatic rings. The van der Waals surface area contributed by atoms with Crippen LogP contribution in [0.25, 0.3) is 0 Å². The monoisotopic (exact) mass is 410 g/mol. The number of anilines is 2. The van der Waals surface area contributed by atoms with Gasteiger partial charge in [0, 0.05) is 18.4 Å². The quantitative estimate of drug-likeness (QED) is 0.781. The number of benzene rings is 1.